The third-order valence-corrected chi connectivity index (χ3v) is 20.2. The van der Waals surface area contributed by atoms with Crippen LogP contribution in [0.4, 0.5) is 0 Å². The molecule has 24 heteroatoms. The maximum Gasteiger partial charge on any atom is 0.316 e. The Hall–Kier alpha value is -6.65. The van der Waals surface area contributed by atoms with Gasteiger partial charge < -0.3 is 98.2 Å². The Labute approximate surface area is 729 Å². The minimum atomic E-state index is -1.02. The van der Waals surface area contributed by atoms with E-state index in [1.54, 1.807) is 191 Å². The fraction of sp³-hybridized carbons (Fsp3) is 0.701. The summed E-state index contributed by atoms with van der Waals surface area (Å²) >= 11 is 0. The van der Waals surface area contributed by atoms with Crippen molar-refractivity contribution in [2.24, 2.45) is 81.7 Å². The predicted molar refractivity (Wildman–Crippen MR) is 486 cm³/mol. The summed E-state index contributed by atoms with van der Waals surface area (Å²) in [6.45, 7) is 57.7. The predicted octanol–water partition coefficient (Wildman–Crippen LogP) is 15.4. The van der Waals surface area contributed by atoms with E-state index in [9.17, 15) is 54.6 Å². The molecular weight excluding hydrogens is 1540 g/mol. The molecule has 5 rings (SSSR count). The molecule has 4 aromatic rings. The highest BCUT2D eigenvalue weighted by atomic mass is 16.6. The SMILES string of the molecule is CC(C)(O)C[C@H](C(=O)OC(C)(C)C)C(C)(C)N.CC(C)(O)C[C@H](C(=O)OC(c1ccccc1)c1ccccc1)C(C)(C)N.CC(C)(O)C[C@H](C(=O)Oc1ccccc1)C(C)(C)N.CC(C)OC(=O)[C@@H](CC(C)(C)O)C(C)(C)N.CC(C)[C@@H]1CC[C@@H](C)C[C@H]1OC(=O)[C@@H](CC(C)(C)O)C(C)(C)N.COc1cc(OC)cc([C@@H](CC(C)(C)O)C(C)(C)N)c1. The minimum absolute atomic E-state index is 0.00787. The van der Waals surface area contributed by atoms with Crippen LogP contribution in [0, 0.1) is 47.3 Å². The Morgan fingerprint density at radius 3 is 0.967 bits per heavy atom. The van der Waals surface area contributed by atoms with E-state index in [1.807, 2.05) is 133 Å². The maximum atomic E-state index is 13.0. The number of carbonyl (C=O) groups excluding carboxylic acids is 5. The van der Waals surface area contributed by atoms with Crippen molar-refractivity contribution in [1.29, 1.82) is 0 Å². The van der Waals surface area contributed by atoms with Crippen molar-refractivity contribution < 1.29 is 87.8 Å². The van der Waals surface area contributed by atoms with Crippen molar-refractivity contribution in [3.63, 3.8) is 0 Å². The molecule has 0 bridgehead atoms. The molecule has 1 saturated carbocycles. The summed E-state index contributed by atoms with van der Waals surface area (Å²) in [6, 6.07) is 33.8. The maximum absolute atomic E-state index is 13.0. The van der Waals surface area contributed by atoms with Gasteiger partial charge in [0, 0.05) is 45.2 Å². The van der Waals surface area contributed by atoms with Crippen LogP contribution in [0.1, 0.15) is 308 Å². The van der Waals surface area contributed by atoms with E-state index in [2.05, 4.69) is 20.8 Å². The largest absolute Gasteiger partial charge is 0.497 e. The number of carbonyl (C=O) groups is 5. The number of hydrogen-bond acceptors (Lipinski definition) is 24. The van der Waals surface area contributed by atoms with E-state index in [0.717, 1.165) is 41.0 Å². The molecule has 9 atom stereocenters. The van der Waals surface area contributed by atoms with Gasteiger partial charge in [-0.15, -0.1) is 0 Å². The van der Waals surface area contributed by atoms with Gasteiger partial charge in [0.2, 0.25) is 0 Å². The van der Waals surface area contributed by atoms with Crippen molar-refractivity contribution in [2.75, 3.05) is 14.2 Å². The zero-order chi connectivity index (χ0) is 94.8. The number of para-hydroxylation sites is 1. The van der Waals surface area contributed by atoms with Gasteiger partial charge >= 0.3 is 29.8 Å². The molecule has 0 radical (unpaired) electrons. The van der Waals surface area contributed by atoms with Crippen LogP contribution in [0.15, 0.2) is 109 Å². The van der Waals surface area contributed by atoms with Crippen LogP contribution in [0.3, 0.4) is 0 Å². The Kier molecular flexibility index (Phi) is 44.5. The highest BCUT2D eigenvalue weighted by molar-refractivity contribution is 5.77. The van der Waals surface area contributed by atoms with Crippen LogP contribution in [0.5, 0.6) is 17.2 Å². The third kappa shape index (κ3) is 49.0. The molecule has 0 amide bonds. The molecule has 18 N–H and O–H groups in total. The van der Waals surface area contributed by atoms with Gasteiger partial charge in [0.25, 0.3) is 0 Å². The Morgan fingerprint density at radius 1 is 0.372 bits per heavy atom. The molecule has 0 unspecified atom stereocenters. The van der Waals surface area contributed by atoms with Crippen molar-refractivity contribution in [2.45, 2.75) is 376 Å². The minimum Gasteiger partial charge on any atom is -0.497 e. The molecule has 1 aliphatic carbocycles. The topological polar surface area (TPSA) is 427 Å². The van der Waals surface area contributed by atoms with Crippen molar-refractivity contribution in [3.8, 4) is 17.2 Å². The second-order valence-electron chi connectivity index (χ2n) is 42.7. The number of esters is 5. The third-order valence-electron chi connectivity index (χ3n) is 20.2. The van der Waals surface area contributed by atoms with Crippen LogP contribution in [-0.2, 0) is 42.9 Å². The first kappa shape index (κ1) is 114. The first-order valence-electron chi connectivity index (χ1n) is 42.7. The van der Waals surface area contributed by atoms with Crippen LogP contribution < -0.4 is 48.6 Å². The lowest BCUT2D eigenvalue weighted by atomic mass is 9.75. The zero-order valence-electron chi connectivity index (χ0n) is 80.7. The lowest BCUT2D eigenvalue weighted by Crippen LogP contribution is -2.50. The number of methoxy groups -OCH3 is 2. The summed E-state index contributed by atoms with van der Waals surface area (Å²) in [5.74, 6) is -1.09. The number of hydrogen-bond donors (Lipinski definition) is 12. The van der Waals surface area contributed by atoms with Crippen molar-refractivity contribution >= 4 is 29.8 Å². The summed E-state index contributed by atoms with van der Waals surface area (Å²) in [4.78, 5) is 62.0. The molecular formula is C97H168N6O18. The fourth-order valence-electron chi connectivity index (χ4n) is 13.7. The molecule has 0 heterocycles. The van der Waals surface area contributed by atoms with Crippen LogP contribution in [0.25, 0.3) is 0 Å². The highest BCUT2D eigenvalue weighted by Gasteiger charge is 2.45. The van der Waals surface area contributed by atoms with Gasteiger partial charge in [-0.05, 0) is 311 Å². The van der Waals surface area contributed by atoms with Crippen LogP contribution >= 0.6 is 0 Å². The molecule has 0 aliphatic heterocycles. The summed E-state index contributed by atoms with van der Waals surface area (Å²) in [7, 11) is 3.24. The zero-order valence-corrected chi connectivity index (χ0v) is 80.7. The van der Waals surface area contributed by atoms with E-state index in [-0.39, 0.29) is 55.3 Å². The monoisotopic (exact) mass is 1710 g/mol. The molecule has 0 saturated heterocycles. The number of rotatable bonds is 33. The summed E-state index contributed by atoms with van der Waals surface area (Å²) in [5, 5.41) is 60.0. The molecule has 1 fully saturated rings. The summed E-state index contributed by atoms with van der Waals surface area (Å²) in [6.07, 6.45) is 4.45. The lowest BCUT2D eigenvalue weighted by molar-refractivity contribution is -0.166. The van der Waals surface area contributed by atoms with Crippen molar-refractivity contribution in [3.05, 3.63) is 126 Å². The van der Waals surface area contributed by atoms with Gasteiger partial charge in [-0.2, -0.15) is 0 Å². The van der Waals surface area contributed by atoms with E-state index in [1.165, 1.54) is 6.42 Å². The molecule has 0 aromatic heterocycles. The van der Waals surface area contributed by atoms with Gasteiger partial charge in [0.1, 0.15) is 29.0 Å². The van der Waals surface area contributed by atoms with Crippen LogP contribution in [-0.4, -0.2) is 159 Å². The molecule has 694 valence electrons. The second-order valence-corrected chi connectivity index (χ2v) is 42.7. The van der Waals surface area contributed by atoms with E-state index < -0.39 is 120 Å². The average molecular weight is 1710 g/mol. The van der Waals surface area contributed by atoms with E-state index >= 15 is 0 Å². The number of benzene rings is 4. The normalized spacial score (nSPS) is 16.9. The van der Waals surface area contributed by atoms with Gasteiger partial charge in [-0.3, -0.25) is 24.0 Å². The average Bonchev–Trinajstić information content (AvgIpc) is 0.819. The number of nitrogens with two attached hydrogens (primary N) is 6. The number of aliphatic hydroxyl groups is 6. The lowest BCUT2D eigenvalue weighted by Gasteiger charge is -2.39. The molecule has 121 heavy (non-hydrogen) atoms. The first-order chi connectivity index (χ1) is 54.2. The fourth-order valence-corrected chi connectivity index (χ4v) is 13.7. The van der Waals surface area contributed by atoms with Crippen LogP contribution in [0.2, 0.25) is 0 Å². The van der Waals surface area contributed by atoms with Gasteiger partial charge in [-0.1, -0.05) is 106 Å². The number of ether oxygens (including phenoxy) is 7. The van der Waals surface area contributed by atoms with E-state index in [0.29, 0.717) is 42.8 Å². The van der Waals surface area contributed by atoms with Crippen molar-refractivity contribution in [1.82, 2.24) is 0 Å². The Balaban J connectivity index is 0.00000144. The molecule has 1 aliphatic rings. The quantitative estimate of drug-likeness (QED) is 0.0120. The van der Waals surface area contributed by atoms with E-state index in [4.69, 9.17) is 67.6 Å². The molecule has 24 nitrogen and oxygen atoms in total. The second kappa shape index (κ2) is 47.1. The van der Waals surface area contributed by atoms with Gasteiger partial charge in [0.15, 0.2) is 6.10 Å². The standard InChI is InChI=1S/C22H29NO3.C19H37NO3.C16H27NO3.C15H23NO3.C13H27NO3.C12H25NO3/c1-21(2,25)15-18(22(3,4)23)20(24)26-19(16-11-7-5-8-12-16)17-13-9-6-10-14-17;1-12(2)14-9-8-13(3)10-16(14)23-17(21)15(19(6,7)20)11-18(4,5)22;1-15(2,18)10-14(16(3,4)17)11-7-12(19-5)9-13(8-11)20-6;1-14(2,18)10-12(15(3,4)16)13(17)19-11-8-6-5-7-9-11;1-11(2,3)17-10(15)9(13(6,7)14)8-12(4,5)16;1-8(2)16-10(14)9(12(5,6)13)7-11(3,4)15/h5-14,18-19,25H,15,23H2,1-4H3;12-16,22H,8-11,20H2,1-7H3;7-9,14,18H,10,17H2,1-6H3;5-9,12,18H,10,16H2,1-4H3;9,16H,8,14H2,1-7H3;8-9,15H,7,13H2,1-6H3/t18-;13-,14+,15-,16-;14-;12-;2*9-/m111111/s1. The summed E-state index contributed by atoms with van der Waals surface area (Å²) < 4.78 is 38.3. The molecule has 0 spiro atoms. The Morgan fingerprint density at radius 2 is 0.678 bits per heavy atom. The molecule has 4 aromatic carbocycles. The Bertz CT molecular complexity index is 3610. The van der Waals surface area contributed by atoms with Gasteiger partial charge in [-0.25, -0.2) is 0 Å². The smallest absolute Gasteiger partial charge is 0.316 e. The summed E-state index contributed by atoms with van der Waals surface area (Å²) in [5.41, 5.74) is 29.2. The van der Waals surface area contributed by atoms with Gasteiger partial charge in [0.05, 0.1) is 83.5 Å². The first-order valence-corrected chi connectivity index (χ1v) is 42.7. The highest BCUT2D eigenvalue weighted by Crippen LogP contribution is 2.41.